The first-order chi connectivity index (χ1) is 10.4. The summed E-state index contributed by atoms with van der Waals surface area (Å²) in [5.41, 5.74) is 1.27. The molecule has 0 fully saturated rings. The highest BCUT2D eigenvalue weighted by Crippen LogP contribution is 2.32. The molecule has 0 radical (unpaired) electrons. The lowest BCUT2D eigenvalue weighted by atomic mass is 9.90. The minimum atomic E-state index is -0.760. The predicted molar refractivity (Wildman–Crippen MR) is 88.2 cm³/mol. The van der Waals surface area contributed by atoms with Gasteiger partial charge in [-0.1, -0.05) is 20.8 Å². The van der Waals surface area contributed by atoms with Crippen molar-refractivity contribution < 1.29 is 14.3 Å². The molecule has 1 N–H and O–H groups in total. The zero-order valence-corrected chi connectivity index (χ0v) is 14.6. The molecule has 1 aliphatic carbocycles. The molecule has 0 saturated carbocycles. The fraction of sp³-hybridized carbons (Fsp3) is 0.647. The first-order valence-corrected chi connectivity index (χ1v) is 8.78. The van der Waals surface area contributed by atoms with Crippen LogP contribution in [0.1, 0.15) is 54.2 Å². The summed E-state index contributed by atoms with van der Waals surface area (Å²) in [6.07, 6.45) is 2.49. The lowest BCUT2D eigenvalue weighted by Crippen LogP contribution is -2.37. The van der Waals surface area contributed by atoms with E-state index in [1.54, 1.807) is 6.92 Å². The van der Waals surface area contributed by atoms with Crippen LogP contribution in [0.3, 0.4) is 0 Å². The summed E-state index contributed by atoms with van der Waals surface area (Å²) in [4.78, 5) is 26.0. The number of aryl methyl sites for hydroxylation is 1. The van der Waals surface area contributed by atoms with Crippen molar-refractivity contribution in [1.82, 2.24) is 5.32 Å². The minimum Gasteiger partial charge on any atom is -0.448 e. The zero-order valence-electron chi connectivity index (χ0n) is 13.8. The Labute approximate surface area is 136 Å². The summed E-state index contributed by atoms with van der Waals surface area (Å²) in [6, 6.07) is 1.94. The number of hydrogen-bond acceptors (Lipinski definition) is 4. The topological polar surface area (TPSA) is 55.4 Å². The molecular weight excluding hydrogens is 298 g/mol. The number of esters is 1. The molecule has 1 aliphatic rings. The number of amides is 1. The van der Waals surface area contributed by atoms with E-state index in [2.05, 4.69) is 12.2 Å². The maximum absolute atomic E-state index is 12.2. The van der Waals surface area contributed by atoms with E-state index in [9.17, 15) is 9.59 Å². The van der Waals surface area contributed by atoms with Gasteiger partial charge in [0.25, 0.3) is 5.91 Å². The Balaban J connectivity index is 1.93. The summed E-state index contributed by atoms with van der Waals surface area (Å²) in [7, 11) is 0. The lowest BCUT2D eigenvalue weighted by molar-refractivity contribution is -0.129. The van der Waals surface area contributed by atoms with Crippen molar-refractivity contribution in [2.24, 2.45) is 11.8 Å². The highest BCUT2D eigenvalue weighted by Gasteiger charge is 2.24. The van der Waals surface area contributed by atoms with Gasteiger partial charge in [-0.05, 0) is 49.7 Å². The second-order valence-electron chi connectivity index (χ2n) is 6.59. The van der Waals surface area contributed by atoms with Crippen LogP contribution in [0.4, 0.5) is 0 Å². The number of rotatable bonds is 5. The number of hydrogen-bond donors (Lipinski definition) is 1. The van der Waals surface area contributed by atoms with E-state index < -0.39 is 6.10 Å². The maximum Gasteiger partial charge on any atom is 0.349 e. The van der Waals surface area contributed by atoms with E-state index in [-0.39, 0.29) is 11.9 Å². The Bertz CT molecular complexity index is 550. The first kappa shape index (κ1) is 17.0. The highest BCUT2D eigenvalue weighted by molar-refractivity contribution is 7.14. The van der Waals surface area contributed by atoms with E-state index >= 15 is 0 Å². The molecule has 5 heteroatoms. The molecule has 1 aromatic rings. The van der Waals surface area contributed by atoms with Crippen LogP contribution in [0, 0.1) is 11.8 Å². The van der Waals surface area contributed by atoms with Gasteiger partial charge in [0.15, 0.2) is 6.10 Å². The average molecular weight is 323 g/mol. The number of carbonyl (C=O) groups excluding carboxylic acids is 2. The molecule has 122 valence electrons. The Morgan fingerprint density at radius 3 is 2.82 bits per heavy atom. The molecule has 22 heavy (non-hydrogen) atoms. The predicted octanol–water partition coefficient (Wildman–Crippen LogP) is 3.19. The fourth-order valence-electron chi connectivity index (χ4n) is 2.53. The van der Waals surface area contributed by atoms with Crippen molar-refractivity contribution in [3.8, 4) is 0 Å². The molecule has 0 spiro atoms. The lowest BCUT2D eigenvalue weighted by Gasteiger charge is -2.16. The molecule has 1 heterocycles. The smallest absolute Gasteiger partial charge is 0.349 e. The first-order valence-electron chi connectivity index (χ1n) is 7.97. The number of thiophene rings is 1. The van der Waals surface area contributed by atoms with Crippen molar-refractivity contribution in [1.29, 1.82) is 0 Å². The standard InChI is InChI=1S/C17H25NO3S/c1-10(2)9-18-16(19)12(4)21-17(20)15-8-13-7-11(3)5-6-14(13)22-15/h8,10-12H,5-7,9H2,1-4H3,(H,18,19)/t11-,12-/m1/s1. The van der Waals surface area contributed by atoms with Gasteiger partial charge in [-0.2, -0.15) is 0 Å². The van der Waals surface area contributed by atoms with Gasteiger partial charge < -0.3 is 10.1 Å². The second-order valence-corrected chi connectivity index (χ2v) is 7.73. The van der Waals surface area contributed by atoms with Crippen LogP contribution in [-0.4, -0.2) is 24.5 Å². The normalized spacial score (nSPS) is 18.7. The second kappa shape index (κ2) is 7.27. The molecule has 1 amide bonds. The van der Waals surface area contributed by atoms with Crippen LogP contribution in [0.2, 0.25) is 0 Å². The van der Waals surface area contributed by atoms with E-state index in [0.29, 0.717) is 23.3 Å². The van der Waals surface area contributed by atoms with Crippen molar-refractivity contribution in [3.05, 3.63) is 21.4 Å². The molecular formula is C17H25NO3S. The van der Waals surface area contributed by atoms with Crippen LogP contribution in [0.5, 0.6) is 0 Å². The van der Waals surface area contributed by atoms with Gasteiger partial charge in [-0.25, -0.2) is 4.79 Å². The van der Waals surface area contributed by atoms with E-state index in [0.717, 1.165) is 12.8 Å². The molecule has 0 saturated heterocycles. The van der Waals surface area contributed by atoms with Crippen LogP contribution in [0.25, 0.3) is 0 Å². The summed E-state index contributed by atoms with van der Waals surface area (Å²) >= 11 is 1.51. The van der Waals surface area contributed by atoms with E-state index in [4.69, 9.17) is 4.74 Å². The van der Waals surface area contributed by atoms with Crippen LogP contribution < -0.4 is 5.32 Å². The summed E-state index contributed by atoms with van der Waals surface area (Å²) in [5.74, 6) is 0.417. The molecule has 1 aromatic heterocycles. The Kier molecular flexibility index (Phi) is 5.62. The van der Waals surface area contributed by atoms with Gasteiger partial charge in [0, 0.05) is 11.4 Å². The highest BCUT2D eigenvalue weighted by atomic mass is 32.1. The Hall–Kier alpha value is -1.36. The van der Waals surface area contributed by atoms with Gasteiger partial charge in [-0.3, -0.25) is 4.79 Å². The van der Waals surface area contributed by atoms with E-state index in [1.165, 1.54) is 28.2 Å². The fourth-order valence-corrected chi connectivity index (χ4v) is 3.62. The zero-order chi connectivity index (χ0) is 16.3. The van der Waals surface area contributed by atoms with Crippen LogP contribution >= 0.6 is 11.3 Å². The molecule has 0 aromatic carbocycles. The molecule has 2 rings (SSSR count). The third-order valence-corrected chi connectivity index (χ3v) is 5.09. The Morgan fingerprint density at radius 1 is 1.41 bits per heavy atom. The summed E-state index contributed by atoms with van der Waals surface area (Å²) in [6.45, 7) is 8.48. The molecule has 0 bridgehead atoms. The summed E-state index contributed by atoms with van der Waals surface area (Å²) < 4.78 is 5.29. The monoisotopic (exact) mass is 323 g/mol. The van der Waals surface area contributed by atoms with Crippen LogP contribution in [0.15, 0.2) is 6.07 Å². The maximum atomic E-state index is 12.2. The van der Waals surface area contributed by atoms with Crippen molar-refractivity contribution in [3.63, 3.8) is 0 Å². The molecule has 4 nitrogen and oxygen atoms in total. The van der Waals surface area contributed by atoms with E-state index in [1.807, 2.05) is 19.9 Å². The average Bonchev–Trinajstić information content (AvgIpc) is 2.87. The number of fused-ring (bicyclic) bond motifs is 1. The largest absolute Gasteiger partial charge is 0.448 e. The van der Waals surface area contributed by atoms with Crippen LogP contribution in [-0.2, 0) is 22.4 Å². The minimum absolute atomic E-state index is 0.239. The SMILES string of the molecule is CC(C)CNC(=O)[C@@H](C)OC(=O)c1cc2c(s1)CC[C@@H](C)C2. The van der Waals surface area contributed by atoms with Gasteiger partial charge >= 0.3 is 5.97 Å². The number of ether oxygens (including phenoxy) is 1. The molecule has 2 atom stereocenters. The van der Waals surface area contributed by atoms with Gasteiger partial charge in [0.05, 0.1) is 0 Å². The van der Waals surface area contributed by atoms with Gasteiger partial charge in [0.1, 0.15) is 4.88 Å². The Morgan fingerprint density at radius 2 is 2.14 bits per heavy atom. The third-order valence-electron chi connectivity index (χ3n) is 3.87. The molecule has 0 aliphatic heterocycles. The number of carbonyl (C=O) groups is 2. The third kappa shape index (κ3) is 4.32. The van der Waals surface area contributed by atoms with Gasteiger partial charge in [-0.15, -0.1) is 11.3 Å². The summed E-state index contributed by atoms with van der Waals surface area (Å²) in [5, 5.41) is 2.78. The van der Waals surface area contributed by atoms with Gasteiger partial charge in [0.2, 0.25) is 0 Å². The van der Waals surface area contributed by atoms with Crippen molar-refractivity contribution in [2.75, 3.05) is 6.54 Å². The number of nitrogens with one attached hydrogen (secondary N) is 1. The molecule has 0 unspecified atom stereocenters. The van der Waals surface area contributed by atoms with Crippen molar-refractivity contribution in [2.45, 2.75) is 53.1 Å². The van der Waals surface area contributed by atoms with Crippen molar-refractivity contribution >= 4 is 23.2 Å². The quantitative estimate of drug-likeness (QED) is 0.847.